The Kier molecular flexibility index (Phi) is 6.44. The maximum Gasteiger partial charge on any atom is 0.253 e. The van der Waals surface area contributed by atoms with Crippen LogP contribution in [0.2, 0.25) is 0 Å². The maximum absolute atomic E-state index is 2.20. The molecule has 0 amide bonds. The van der Waals surface area contributed by atoms with Gasteiger partial charge in [-0.2, -0.15) is 0 Å². The summed E-state index contributed by atoms with van der Waals surface area (Å²) in [6.07, 6.45) is 2.07. The van der Waals surface area contributed by atoms with Gasteiger partial charge in [-0.1, -0.05) is 24.3 Å². The van der Waals surface area contributed by atoms with Gasteiger partial charge in [0.05, 0.1) is 28.2 Å². The van der Waals surface area contributed by atoms with Crippen molar-refractivity contribution in [2.75, 3.05) is 0 Å². The number of fused-ring (bicyclic) bond motifs is 2. The Labute approximate surface area is 147 Å². The van der Waals surface area contributed by atoms with E-state index in [9.17, 15) is 0 Å². The molecule has 134 valence electrons. The van der Waals surface area contributed by atoms with E-state index < -0.39 is 0 Å². The Balaban J connectivity index is 0.000000232. The molecule has 0 atom stereocenters. The lowest BCUT2D eigenvalue weighted by Crippen LogP contribution is -2.30. The standard InChI is InChI=1S/C10H13N2.C9H11N2.2H2O/c1-8-11(2)9-6-4-5-7-10(9)12(8)3;1-10-7-11(2)9-6-4-3-5-8(9)10;;/h4-7H,1-3H3;3-7H,1-2H3;2*1H2/q2*+1;;/p-2. The number of hydrogen-bond acceptors (Lipinski definition) is 2. The van der Waals surface area contributed by atoms with Gasteiger partial charge in [0.15, 0.2) is 22.1 Å². The second-order valence-corrected chi connectivity index (χ2v) is 5.98. The topological polar surface area (TPSA) is 77.6 Å². The highest BCUT2D eigenvalue weighted by atomic mass is 16.0. The molecule has 2 aromatic carbocycles. The van der Waals surface area contributed by atoms with Crippen molar-refractivity contribution in [2.24, 2.45) is 28.2 Å². The Bertz CT molecular complexity index is 911. The van der Waals surface area contributed by atoms with Gasteiger partial charge in [-0.05, 0) is 24.3 Å². The van der Waals surface area contributed by atoms with Crippen molar-refractivity contribution >= 4 is 22.1 Å². The first-order chi connectivity index (χ1) is 11.0. The third kappa shape index (κ3) is 3.55. The number of rotatable bonds is 0. The molecule has 0 aliphatic heterocycles. The minimum Gasteiger partial charge on any atom is -0.870 e. The lowest BCUT2D eigenvalue weighted by atomic mass is 10.3. The fraction of sp³-hybridized carbons (Fsp3) is 0.263. The highest BCUT2D eigenvalue weighted by Gasteiger charge is 2.13. The Morgan fingerprint density at radius 1 is 0.760 bits per heavy atom. The van der Waals surface area contributed by atoms with Crippen LogP contribution in [0.25, 0.3) is 22.1 Å². The van der Waals surface area contributed by atoms with E-state index in [0.29, 0.717) is 0 Å². The van der Waals surface area contributed by atoms with Gasteiger partial charge in [0.25, 0.3) is 5.82 Å². The predicted octanol–water partition coefficient (Wildman–Crippen LogP) is 1.96. The smallest absolute Gasteiger partial charge is 0.253 e. The van der Waals surface area contributed by atoms with Crippen molar-refractivity contribution < 1.29 is 20.1 Å². The molecule has 0 aliphatic carbocycles. The van der Waals surface area contributed by atoms with Crippen LogP contribution in [0.15, 0.2) is 54.9 Å². The van der Waals surface area contributed by atoms with E-state index in [1.807, 2.05) is 0 Å². The Hall–Kier alpha value is -2.70. The highest BCUT2D eigenvalue weighted by Crippen LogP contribution is 2.10. The molecule has 0 spiro atoms. The zero-order valence-corrected chi connectivity index (χ0v) is 15.4. The molecule has 0 aliphatic rings. The van der Waals surface area contributed by atoms with E-state index in [1.165, 1.54) is 27.9 Å². The first-order valence-electron chi connectivity index (χ1n) is 7.80. The number of benzene rings is 2. The molecule has 0 bridgehead atoms. The molecule has 25 heavy (non-hydrogen) atoms. The molecular formula is C19H26N4O2. The van der Waals surface area contributed by atoms with E-state index >= 15 is 0 Å². The SMILES string of the molecule is Cc1n(C)c2ccccc2[n+]1C.Cn1c[n+](C)c2ccccc21.[OH-].[OH-]. The van der Waals surface area contributed by atoms with Gasteiger partial charge in [0, 0.05) is 6.92 Å². The van der Waals surface area contributed by atoms with Crippen molar-refractivity contribution in [3.8, 4) is 0 Å². The maximum atomic E-state index is 2.20. The number of nitrogens with zero attached hydrogens (tertiary/aromatic N) is 4. The molecular weight excluding hydrogens is 316 g/mol. The number of imidazole rings is 2. The number of hydrogen-bond donors (Lipinski definition) is 0. The average molecular weight is 342 g/mol. The van der Waals surface area contributed by atoms with Gasteiger partial charge in [0.2, 0.25) is 6.33 Å². The molecule has 0 saturated carbocycles. The Morgan fingerprint density at radius 3 is 1.84 bits per heavy atom. The minimum atomic E-state index is 0. The molecule has 2 heterocycles. The van der Waals surface area contributed by atoms with Gasteiger partial charge in [-0.25, -0.2) is 18.3 Å². The fourth-order valence-corrected chi connectivity index (χ4v) is 3.05. The van der Waals surface area contributed by atoms with Gasteiger partial charge < -0.3 is 11.0 Å². The van der Waals surface area contributed by atoms with E-state index in [-0.39, 0.29) is 11.0 Å². The Morgan fingerprint density at radius 2 is 1.28 bits per heavy atom. The van der Waals surface area contributed by atoms with E-state index in [2.05, 4.69) is 108 Å². The van der Waals surface area contributed by atoms with Crippen molar-refractivity contribution in [3.63, 3.8) is 0 Å². The molecule has 2 aromatic heterocycles. The lowest BCUT2D eigenvalue weighted by molar-refractivity contribution is -0.652. The summed E-state index contributed by atoms with van der Waals surface area (Å²) in [5.41, 5.74) is 5.13. The minimum absolute atomic E-state index is 0. The highest BCUT2D eigenvalue weighted by molar-refractivity contribution is 5.72. The summed E-state index contributed by atoms with van der Waals surface area (Å²) >= 11 is 0. The average Bonchev–Trinajstić information content (AvgIpc) is 2.99. The lowest BCUT2D eigenvalue weighted by Gasteiger charge is -1.86. The van der Waals surface area contributed by atoms with Crippen LogP contribution < -0.4 is 9.13 Å². The van der Waals surface area contributed by atoms with Crippen molar-refractivity contribution in [2.45, 2.75) is 6.92 Å². The molecule has 4 aromatic rings. The van der Waals surface area contributed by atoms with Crippen LogP contribution in [0.3, 0.4) is 0 Å². The van der Waals surface area contributed by atoms with Gasteiger partial charge in [0.1, 0.15) is 0 Å². The normalized spacial score (nSPS) is 9.96. The quantitative estimate of drug-likeness (QED) is 0.458. The fourth-order valence-electron chi connectivity index (χ4n) is 3.05. The molecule has 0 unspecified atom stereocenters. The van der Waals surface area contributed by atoms with Crippen molar-refractivity contribution in [1.29, 1.82) is 0 Å². The van der Waals surface area contributed by atoms with Crippen LogP contribution in [-0.4, -0.2) is 20.1 Å². The summed E-state index contributed by atoms with van der Waals surface area (Å²) in [7, 11) is 8.31. The van der Waals surface area contributed by atoms with E-state index in [0.717, 1.165) is 0 Å². The van der Waals surface area contributed by atoms with Crippen LogP contribution in [0.5, 0.6) is 0 Å². The summed E-state index contributed by atoms with van der Waals surface area (Å²) in [5.74, 6) is 1.27. The van der Waals surface area contributed by atoms with Crippen molar-refractivity contribution in [3.05, 3.63) is 60.7 Å². The molecule has 0 radical (unpaired) electrons. The second-order valence-electron chi connectivity index (χ2n) is 5.98. The summed E-state index contributed by atoms with van der Waals surface area (Å²) < 4.78 is 8.65. The van der Waals surface area contributed by atoms with Crippen LogP contribution in [-0.2, 0) is 28.2 Å². The zero-order valence-electron chi connectivity index (χ0n) is 15.4. The molecule has 6 heteroatoms. The summed E-state index contributed by atoms with van der Waals surface area (Å²) in [4.78, 5) is 0. The van der Waals surface area contributed by atoms with Crippen LogP contribution in [0.1, 0.15) is 5.82 Å². The first-order valence-corrected chi connectivity index (χ1v) is 7.80. The second kappa shape index (κ2) is 7.92. The van der Waals surface area contributed by atoms with Gasteiger partial charge in [-0.3, -0.25) is 0 Å². The summed E-state index contributed by atoms with van der Waals surface area (Å²) in [6, 6.07) is 16.8. The van der Waals surface area contributed by atoms with Crippen molar-refractivity contribution in [1.82, 2.24) is 9.13 Å². The largest absolute Gasteiger partial charge is 0.870 e. The van der Waals surface area contributed by atoms with E-state index in [1.54, 1.807) is 0 Å². The summed E-state index contributed by atoms with van der Waals surface area (Å²) in [6.45, 7) is 2.12. The molecule has 6 nitrogen and oxygen atoms in total. The van der Waals surface area contributed by atoms with Crippen LogP contribution in [0, 0.1) is 6.92 Å². The third-order valence-electron chi connectivity index (χ3n) is 4.56. The third-order valence-corrected chi connectivity index (χ3v) is 4.56. The number of aryl methyl sites for hydroxylation is 4. The zero-order chi connectivity index (χ0) is 16.6. The van der Waals surface area contributed by atoms with Crippen LogP contribution in [0.4, 0.5) is 0 Å². The number of para-hydroxylation sites is 4. The van der Waals surface area contributed by atoms with E-state index in [4.69, 9.17) is 0 Å². The molecule has 4 rings (SSSR count). The number of aromatic nitrogens is 4. The summed E-state index contributed by atoms with van der Waals surface area (Å²) in [5, 5.41) is 0. The first kappa shape index (κ1) is 20.3. The van der Waals surface area contributed by atoms with Crippen LogP contribution >= 0.6 is 0 Å². The molecule has 2 N–H and O–H groups in total. The van der Waals surface area contributed by atoms with Gasteiger partial charge in [-0.15, -0.1) is 0 Å². The van der Waals surface area contributed by atoms with Gasteiger partial charge >= 0.3 is 0 Å². The monoisotopic (exact) mass is 342 g/mol. The molecule has 0 fully saturated rings. The predicted molar refractivity (Wildman–Crippen MR) is 96.8 cm³/mol. The molecule has 0 saturated heterocycles.